The average Bonchev–Trinajstić information content (AvgIpc) is 4.10. The summed E-state index contributed by atoms with van der Waals surface area (Å²) in [5.74, 6) is 2.38. The van der Waals surface area contributed by atoms with Gasteiger partial charge in [-0.05, 0) is 111 Å². The summed E-state index contributed by atoms with van der Waals surface area (Å²) in [4.78, 5) is 10.0. The van der Waals surface area contributed by atoms with Gasteiger partial charge in [-0.25, -0.2) is 4.98 Å². The van der Waals surface area contributed by atoms with Crippen LogP contribution in [0.3, 0.4) is 0 Å². The zero-order valence-corrected chi connectivity index (χ0v) is 45.5. The Bertz CT molecular complexity index is 3860. The van der Waals surface area contributed by atoms with Crippen LogP contribution in [0.25, 0.3) is 27.6 Å². The van der Waals surface area contributed by atoms with Gasteiger partial charge in [0.25, 0.3) is 0 Å². The Kier molecular flexibility index (Phi) is 12.3. The lowest BCUT2D eigenvalue weighted by molar-refractivity contribution is 0.480. The van der Waals surface area contributed by atoms with Gasteiger partial charge in [0.15, 0.2) is 0 Å². The highest BCUT2D eigenvalue weighted by Crippen LogP contribution is 2.49. The molecule has 77 heavy (non-hydrogen) atoms. The first kappa shape index (κ1) is 49.2. The molecular formula is C72H66N4O. The van der Waals surface area contributed by atoms with Crippen LogP contribution in [0.15, 0.2) is 243 Å². The van der Waals surface area contributed by atoms with Gasteiger partial charge in [0.2, 0.25) is 0 Å². The van der Waals surface area contributed by atoms with Crippen molar-refractivity contribution in [2.45, 2.75) is 77.0 Å². The van der Waals surface area contributed by atoms with Crippen molar-refractivity contribution >= 4 is 44.6 Å². The molecule has 380 valence electrons. The van der Waals surface area contributed by atoms with E-state index in [1.807, 2.05) is 6.20 Å². The molecule has 0 spiro atoms. The molecule has 0 saturated heterocycles. The SMILES string of the molecule is CC(C)(c1ccccc1)c1cc(Oc2ccc3c4ccccc4n(-c4cc(C(C)(C)c5ccccc5)ccn4)c3c2)cc(N2CN(c3cc(C(C)(C)c4ccccc4)cc(C(C)(C)c4ccccc4)c3)c3ccccc32)c1. The van der Waals surface area contributed by atoms with Gasteiger partial charge in [-0.15, -0.1) is 0 Å². The number of hydrogen-bond donors (Lipinski definition) is 0. The van der Waals surface area contributed by atoms with Gasteiger partial charge in [0.05, 0.1) is 22.4 Å². The summed E-state index contributed by atoms with van der Waals surface area (Å²) in [5, 5.41) is 2.31. The lowest BCUT2D eigenvalue weighted by atomic mass is 9.73. The molecule has 5 heteroatoms. The Morgan fingerprint density at radius 2 is 0.766 bits per heavy atom. The maximum absolute atomic E-state index is 7.20. The predicted octanol–water partition coefficient (Wildman–Crippen LogP) is 18.5. The molecule has 3 heterocycles. The van der Waals surface area contributed by atoms with E-state index >= 15 is 0 Å². The number of ether oxygens (including phenoxy) is 1. The molecule has 0 amide bonds. The Morgan fingerprint density at radius 3 is 1.29 bits per heavy atom. The number of pyridine rings is 1. The monoisotopic (exact) mass is 1000 g/mol. The van der Waals surface area contributed by atoms with E-state index < -0.39 is 0 Å². The Balaban J connectivity index is 0.975. The highest BCUT2D eigenvalue weighted by Gasteiger charge is 2.35. The number of aromatic nitrogens is 2. The van der Waals surface area contributed by atoms with Gasteiger partial charge in [-0.1, -0.05) is 213 Å². The summed E-state index contributed by atoms with van der Waals surface area (Å²) in [6.07, 6.45) is 1.95. The second kappa shape index (κ2) is 19.2. The first-order chi connectivity index (χ1) is 37.2. The number of nitrogens with zero attached hydrogens (tertiary/aromatic N) is 4. The van der Waals surface area contributed by atoms with Crippen LogP contribution in [-0.2, 0) is 21.7 Å². The summed E-state index contributed by atoms with van der Waals surface area (Å²) in [6.45, 7) is 19.2. The fourth-order valence-electron chi connectivity index (χ4n) is 11.7. The highest BCUT2D eigenvalue weighted by atomic mass is 16.5. The van der Waals surface area contributed by atoms with Crippen molar-refractivity contribution in [3.63, 3.8) is 0 Å². The Labute approximate surface area is 454 Å². The molecule has 12 rings (SSSR count). The number of para-hydroxylation sites is 3. The minimum absolute atomic E-state index is 0.235. The lowest BCUT2D eigenvalue weighted by Gasteiger charge is -2.33. The van der Waals surface area contributed by atoms with Crippen molar-refractivity contribution < 1.29 is 4.74 Å². The van der Waals surface area contributed by atoms with Crippen molar-refractivity contribution in [2.24, 2.45) is 0 Å². The smallest absolute Gasteiger partial charge is 0.137 e. The average molecular weight is 1000 g/mol. The summed E-state index contributed by atoms with van der Waals surface area (Å²) in [7, 11) is 0. The van der Waals surface area contributed by atoms with Crippen LogP contribution in [0.5, 0.6) is 11.5 Å². The van der Waals surface area contributed by atoms with Crippen molar-refractivity contribution in [3.05, 3.63) is 287 Å². The van der Waals surface area contributed by atoms with E-state index in [9.17, 15) is 0 Å². The maximum atomic E-state index is 7.20. The summed E-state index contributed by atoms with van der Waals surface area (Å²) in [6, 6.07) is 85.9. The van der Waals surface area contributed by atoms with E-state index in [4.69, 9.17) is 9.72 Å². The summed E-state index contributed by atoms with van der Waals surface area (Å²) in [5.41, 5.74) is 15.5. The molecule has 1 aliphatic heterocycles. The quantitative estimate of drug-likeness (QED) is 0.115. The van der Waals surface area contributed by atoms with Crippen LogP contribution in [0, 0.1) is 0 Å². The molecule has 0 saturated carbocycles. The van der Waals surface area contributed by atoms with Gasteiger partial charge >= 0.3 is 0 Å². The first-order valence-electron chi connectivity index (χ1n) is 27.0. The van der Waals surface area contributed by atoms with Gasteiger partial charge in [-0.3, -0.25) is 4.57 Å². The Hall–Kier alpha value is -8.67. The van der Waals surface area contributed by atoms with E-state index in [0.29, 0.717) is 6.67 Å². The normalized spacial score (nSPS) is 13.1. The molecule has 0 bridgehead atoms. The van der Waals surface area contributed by atoms with E-state index in [2.05, 4.69) is 306 Å². The molecule has 0 atom stereocenters. The zero-order chi connectivity index (χ0) is 53.1. The third-order valence-corrected chi connectivity index (χ3v) is 16.9. The third kappa shape index (κ3) is 8.84. The van der Waals surface area contributed by atoms with Crippen LogP contribution in [-0.4, -0.2) is 16.2 Å². The molecule has 1 aliphatic rings. The number of hydrogen-bond acceptors (Lipinski definition) is 4. The van der Waals surface area contributed by atoms with Crippen LogP contribution in [0.1, 0.15) is 99.9 Å². The topological polar surface area (TPSA) is 33.5 Å². The third-order valence-electron chi connectivity index (χ3n) is 16.9. The van der Waals surface area contributed by atoms with Crippen molar-refractivity contribution in [1.29, 1.82) is 0 Å². The maximum Gasteiger partial charge on any atom is 0.137 e. The van der Waals surface area contributed by atoms with Gasteiger partial charge in [0.1, 0.15) is 24.0 Å². The number of anilines is 4. The van der Waals surface area contributed by atoms with Gasteiger partial charge < -0.3 is 14.5 Å². The van der Waals surface area contributed by atoms with Crippen molar-refractivity contribution in [2.75, 3.05) is 16.5 Å². The van der Waals surface area contributed by atoms with Crippen LogP contribution >= 0.6 is 0 Å². The van der Waals surface area contributed by atoms with E-state index in [1.54, 1.807) is 0 Å². The van der Waals surface area contributed by atoms with Gasteiger partial charge in [0, 0.05) is 62.1 Å². The van der Waals surface area contributed by atoms with Crippen LogP contribution in [0.4, 0.5) is 22.7 Å². The van der Waals surface area contributed by atoms with E-state index in [0.717, 1.165) is 62.0 Å². The molecule has 0 radical (unpaired) electrons. The minimum atomic E-state index is -0.357. The zero-order valence-electron chi connectivity index (χ0n) is 45.5. The summed E-state index contributed by atoms with van der Waals surface area (Å²) >= 11 is 0. The molecule has 0 unspecified atom stereocenters. The second-order valence-electron chi connectivity index (χ2n) is 23.0. The van der Waals surface area contributed by atoms with Gasteiger partial charge in [-0.2, -0.15) is 0 Å². The van der Waals surface area contributed by atoms with Crippen molar-refractivity contribution in [1.82, 2.24) is 9.55 Å². The molecular weight excluding hydrogens is 937 g/mol. The summed E-state index contributed by atoms with van der Waals surface area (Å²) < 4.78 is 9.49. The Morgan fingerprint density at radius 1 is 0.338 bits per heavy atom. The lowest BCUT2D eigenvalue weighted by Crippen LogP contribution is -2.27. The molecule has 9 aromatic carbocycles. The molecule has 0 fully saturated rings. The van der Waals surface area contributed by atoms with Crippen LogP contribution < -0.4 is 14.5 Å². The highest BCUT2D eigenvalue weighted by molar-refractivity contribution is 6.09. The molecule has 5 nitrogen and oxygen atoms in total. The van der Waals surface area contributed by atoms with Crippen LogP contribution in [0.2, 0.25) is 0 Å². The molecule has 11 aromatic rings. The van der Waals surface area contributed by atoms with E-state index in [-0.39, 0.29) is 21.7 Å². The molecule has 0 aliphatic carbocycles. The predicted molar refractivity (Wildman–Crippen MR) is 321 cm³/mol. The number of benzene rings is 9. The van der Waals surface area contributed by atoms with E-state index in [1.165, 1.54) is 44.3 Å². The largest absolute Gasteiger partial charge is 0.457 e. The number of rotatable bonds is 13. The standard InChI is InChI=1S/C72H66N4O/c1-69(2,50-25-13-9-14-26-50)54-39-40-73-68(46-54)76-64-34-22-21-33-62(64)63-38-37-60(48-67(63)76)77-61-45-57(72(7,8)53-31-19-12-20-32-53)44-59(47-61)75-49-74(65-35-23-24-36-66(65)75)58-42-55(70(3,4)51-27-15-10-16-28-51)41-56(43-58)71(5,6)52-29-17-11-18-30-52/h9-48H,49H2,1-8H3. The second-order valence-corrected chi connectivity index (χ2v) is 23.0. The molecule has 0 N–H and O–H groups in total. The fraction of sp³-hybridized carbons (Fsp3) is 0.181. The number of fused-ring (bicyclic) bond motifs is 4. The minimum Gasteiger partial charge on any atom is -0.457 e. The molecule has 2 aromatic heterocycles. The van der Waals surface area contributed by atoms with Crippen molar-refractivity contribution in [3.8, 4) is 17.3 Å². The first-order valence-corrected chi connectivity index (χ1v) is 27.0. The fourth-order valence-corrected chi connectivity index (χ4v) is 11.7.